The molecule has 2 aliphatic carbocycles. The molecule has 5 atom stereocenters. The third kappa shape index (κ3) is 3.05. The molecule has 2 aromatic rings. The highest BCUT2D eigenvalue weighted by Crippen LogP contribution is 2.62. The van der Waals surface area contributed by atoms with Crippen molar-refractivity contribution < 1.29 is 14.9 Å². The largest absolute Gasteiger partial charge is 0.508 e. The lowest BCUT2D eigenvalue weighted by atomic mass is 9.53. The molecule has 0 saturated carbocycles. The molecule has 1 saturated heterocycles. The first-order valence-electron chi connectivity index (χ1n) is 10.5. The van der Waals surface area contributed by atoms with Crippen molar-refractivity contribution in [3.8, 4) is 11.5 Å². The highest BCUT2D eigenvalue weighted by atomic mass is 35.5. The van der Waals surface area contributed by atoms with Gasteiger partial charge in [0.1, 0.15) is 23.7 Å². The van der Waals surface area contributed by atoms with Gasteiger partial charge in [-0.25, -0.2) is 0 Å². The van der Waals surface area contributed by atoms with E-state index in [0.29, 0.717) is 18.5 Å². The Morgan fingerprint density at radius 3 is 2.84 bits per heavy atom. The second-order valence-corrected chi connectivity index (χ2v) is 8.98. The number of hydrogen-bond donors (Lipinski definition) is 3. The number of aliphatic hydroxyl groups excluding tert-OH is 1. The number of phenolic OH excluding ortho intramolecular Hbond substituents is 1. The molecular weight excluding hydrogens is 435 g/mol. The minimum atomic E-state index is -0.576. The first-order chi connectivity index (χ1) is 14.1. The summed E-state index contributed by atoms with van der Waals surface area (Å²) in [4.78, 5) is 2.48. The number of rotatable bonds is 3. The van der Waals surface area contributed by atoms with Gasteiger partial charge in [0.15, 0.2) is 0 Å². The van der Waals surface area contributed by atoms with Gasteiger partial charge in [-0.3, -0.25) is 0 Å². The highest BCUT2D eigenvalue weighted by Gasteiger charge is 2.64. The number of nitrogens with zero attached hydrogens (tertiary/aromatic N) is 1. The topological polar surface area (TPSA) is 65.0 Å². The summed E-state index contributed by atoms with van der Waals surface area (Å²) in [6.45, 7) is 1.64. The molecule has 2 aromatic carbocycles. The van der Waals surface area contributed by atoms with Crippen molar-refractivity contribution in [2.24, 2.45) is 5.92 Å². The maximum absolute atomic E-state index is 10.8. The number of anilines is 1. The molecule has 0 unspecified atom stereocenters. The molecule has 6 rings (SSSR count). The fraction of sp³-hybridized carbons (Fsp3) is 0.417. The van der Waals surface area contributed by atoms with E-state index in [-0.39, 0.29) is 42.1 Å². The Morgan fingerprint density at radius 1 is 1.19 bits per heavy atom. The van der Waals surface area contributed by atoms with Crippen molar-refractivity contribution in [2.75, 3.05) is 18.9 Å². The van der Waals surface area contributed by atoms with Crippen LogP contribution in [0.15, 0.2) is 48.6 Å². The van der Waals surface area contributed by atoms with Crippen molar-refractivity contribution in [1.82, 2.24) is 4.90 Å². The van der Waals surface area contributed by atoms with Gasteiger partial charge in [-0.1, -0.05) is 30.4 Å². The molecule has 7 heteroatoms. The van der Waals surface area contributed by atoms with Crippen LogP contribution in [-0.2, 0) is 18.4 Å². The van der Waals surface area contributed by atoms with Crippen molar-refractivity contribution in [2.45, 2.75) is 43.1 Å². The van der Waals surface area contributed by atoms with Crippen molar-refractivity contribution in [1.29, 1.82) is 0 Å². The molecule has 3 N–H and O–H groups in total. The van der Waals surface area contributed by atoms with Gasteiger partial charge in [0.25, 0.3) is 0 Å². The van der Waals surface area contributed by atoms with Crippen molar-refractivity contribution in [3.05, 3.63) is 65.2 Å². The molecule has 0 radical (unpaired) electrons. The fourth-order valence-electron chi connectivity index (χ4n) is 6.26. The molecule has 31 heavy (non-hydrogen) atoms. The minimum Gasteiger partial charge on any atom is -0.508 e. The van der Waals surface area contributed by atoms with Gasteiger partial charge in [-0.2, -0.15) is 0 Å². The molecule has 0 aromatic heterocycles. The molecule has 1 spiro atoms. The standard InChI is InChI=1S/C24H26N2O3.2ClH/c1-26-10-9-24-17-6-8-20(28)23(24)29-22-18(7-5-15(21(22)24)12-19(17)26)25-13-14-3-2-4-16(27)11-14;;/h2-8,11,17,19-20,23,25,27-28H,9-10,12-13H2,1H3;2*1H/t17-,19+,20-,23-,24-;;/m0../s1. The third-order valence-electron chi connectivity index (χ3n) is 7.56. The Balaban J connectivity index is 0.00000116. The van der Waals surface area contributed by atoms with E-state index < -0.39 is 6.10 Å². The van der Waals surface area contributed by atoms with E-state index in [4.69, 9.17) is 4.74 Å². The zero-order valence-electron chi connectivity index (χ0n) is 17.3. The zero-order valence-corrected chi connectivity index (χ0v) is 19.0. The van der Waals surface area contributed by atoms with E-state index >= 15 is 0 Å². The smallest absolute Gasteiger partial charge is 0.147 e. The minimum absolute atomic E-state index is 0. The number of piperidine rings is 1. The number of aromatic hydroxyl groups is 1. The summed E-state index contributed by atoms with van der Waals surface area (Å²) in [5.74, 6) is 1.57. The number of phenols is 1. The number of hydrogen-bond acceptors (Lipinski definition) is 5. The quantitative estimate of drug-likeness (QED) is 0.607. The molecule has 2 aliphatic heterocycles. The Bertz CT molecular complexity index is 1030. The van der Waals surface area contributed by atoms with Crippen LogP contribution in [0.25, 0.3) is 0 Å². The number of benzene rings is 2. The number of likely N-dealkylation sites (N-methyl/N-ethyl adjacent to an activating group) is 1. The van der Waals surface area contributed by atoms with E-state index in [9.17, 15) is 10.2 Å². The lowest BCUT2D eigenvalue weighted by Gasteiger charge is -2.56. The van der Waals surface area contributed by atoms with E-state index in [0.717, 1.165) is 36.4 Å². The predicted octanol–water partition coefficient (Wildman–Crippen LogP) is 3.65. The monoisotopic (exact) mass is 462 g/mol. The number of nitrogens with one attached hydrogen (secondary N) is 1. The predicted molar refractivity (Wildman–Crippen MR) is 126 cm³/mol. The average molecular weight is 463 g/mol. The van der Waals surface area contributed by atoms with Crippen LogP contribution in [-0.4, -0.2) is 47.0 Å². The van der Waals surface area contributed by atoms with Gasteiger partial charge >= 0.3 is 0 Å². The number of ether oxygens (including phenoxy) is 1. The lowest BCUT2D eigenvalue weighted by Crippen LogP contribution is -2.64. The van der Waals surface area contributed by atoms with Crippen LogP contribution < -0.4 is 10.1 Å². The molecular formula is C24H28Cl2N2O3. The number of likely N-dealkylation sites (tertiary alicyclic amines) is 1. The Hall–Kier alpha value is -1.92. The maximum Gasteiger partial charge on any atom is 0.147 e. The molecule has 2 bridgehead atoms. The van der Waals surface area contributed by atoms with E-state index in [1.54, 1.807) is 12.1 Å². The van der Waals surface area contributed by atoms with Crippen LogP contribution in [0.5, 0.6) is 11.5 Å². The summed E-state index contributed by atoms with van der Waals surface area (Å²) in [5, 5.41) is 24.1. The van der Waals surface area contributed by atoms with Crippen LogP contribution in [0.3, 0.4) is 0 Å². The third-order valence-corrected chi connectivity index (χ3v) is 7.56. The Morgan fingerprint density at radius 2 is 2.03 bits per heavy atom. The molecule has 1 fully saturated rings. The Kier molecular flexibility index (Phi) is 5.67. The average Bonchev–Trinajstić information content (AvgIpc) is 3.07. The van der Waals surface area contributed by atoms with Gasteiger partial charge in [0.2, 0.25) is 0 Å². The first-order valence-corrected chi connectivity index (χ1v) is 10.5. The van der Waals surface area contributed by atoms with Gasteiger partial charge in [0.05, 0.1) is 5.69 Å². The fourth-order valence-corrected chi connectivity index (χ4v) is 6.26. The SMILES string of the molecule is CN1CC[C@]23c4c5ccc(NCc6cccc(O)c6)c4O[C@H]2[C@@H](O)C=C[C@H]3[C@H]1C5.Cl.Cl. The molecule has 0 amide bonds. The van der Waals surface area contributed by atoms with E-state index in [1.807, 2.05) is 18.2 Å². The van der Waals surface area contributed by atoms with E-state index in [2.05, 4.69) is 35.5 Å². The Labute approximate surface area is 194 Å². The molecule has 2 heterocycles. The van der Waals surface area contributed by atoms with Gasteiger partial charge < -0.3 is 25.2 Å². The van der Waals surface area contributed by atoms with Crippen molar-refractivity contribution in [3.63, 3.8) is 0 Å². The van der Waals surface area contributed by atoms with Gasteiger partial charge in [0, 0.05) is 29.5 Å². The number of halogens is 2. The summed E-state index contributed by atoms with van der Waals surface area (Å²) in [6, 6.07) is 12.1. The summed E-state index contributed by atoms with van der Waals surface area (Å²) < 4.78 is 6.54. The second kappa shape index (κ2) is 7.89. The van der Waals surface area contributed by atoms with Crippen LogP contribution in [0, 0.1) is 5.92 Å². The molecule has 4 aliphatic rings. The maximum atomic E-state index is 10.8. The van der Waals surface area contributed by atoms with Crippen LogP contribution in [0.2, 0.25) is 0 Å². The zero-order chi connectivity index (χ0) is 19.8. The summed E-state index contributed by atoms with van der Waals surface area (Å²) in [5.41, 5.74) is 4.54. The molecule has 5 nitrogen and oxygen atoms in total. The highest BCUT2D eigenvalue weighted by molar-refractivity contribution is 5.85. The second-order valence-electron chi connectivity index (χ2n) is 8.98. The van der Waals surface area contributed by atoms with Crippen LogP contribution in [0.4, 0.5) is 5.69 Å². The number of aliphatic hydroxyl groups is 1. The van der Waals surface area contributed by atoms with E-state index in [1.165, 1.54) is 11.1 Å². The normalized spacial score (nSPS) is 31.7. The first kappa shape index (κ1) is 22.3. The van der Waals surface area contributed by atoms with Gasteiger partial charge in [-0.15, -0.1) is 24.8 Å². The van der Waals surface area contributed by atoms with Gasteiger partial charge in [-0.05, 0) is 55.8 Å². The van der Waals surface area contributed by atoms with Crippen LogP contribution >= 0.6 is 24.8 Å². The van der Waals surface area contributed by atoms with Crippen molar-refractivity contribution >= 4 is 30.5 Å². The van der Waals surface area contributed by atoms with Crippen LogP contribution in [0.1, 0.15) is 23.1 Å². The summed E-state index contributed by atoms with van der Waals surface area (Å²) in [6.07, 6.45) is 5.42. The molecule has 166 valence electrons. The summed E-state index contributed by atoms with van der Waals surface area (Å²) in [7, 11) is 2.22. The summed E-state index contributed by atoms with van der Waals surface area (Å²) >= 11 is 0. The lowest BCUT2D eigenvalue weighted by molar-refractivity contribution is -0.0449.